The predicted molar refractivity (Wildman–Crippen MR) is 88.8 cm³/mol. The lowest BCUT2D eigenvalue weighted by Crippen LogP contribution is -2.57. The van der Waals surface area contributed by atoms with Gasteiger partial charge in [0.05, 0.1) is 6.20 Å². The molecule has 0 bridgehead atoms. The molecule has 10 heteroatoms. The Morgan fingerprint density at radius 3 is 2.76 bits per heavy atom. The molecule has 1 amide bonds. The van der Waals surface area contributed by atoms with Gasteiger partial charge in [0.2, 0.25) is 0 Å². The molecule has 142 valence electrons. The summed E-state index contributed by atoms with van der Waals surface area (Å²) >= 11 is 1.13. The third kappa shape index (κ3) is 5.63. The van der Waals surface area contributed by atoms with Crippen LogP contribution in [-0.2, 0) is 4.74 Å². The van der Waals surface area contributed by atoms with Gasteiger partial charge < -0.3 is 15.4 Å². The van der Waals surface area contributed by atoms with E-state index in [4.69, 9.17) is 4.74 Å². The van der Waals surface area contributed by atoms with Crippen LogP contribution < -0.4 is 10.6 Å². The van der Waals surface area contributed by atoms with E-state index in [1.165, 1.54) is 11.1 Å². The number of halogens is 3. The summed E-state index contributed by atoms with van der Waals surface area (Å²) in [5.74, 6) is -0.545. The third-order valence-corrected chi connectivity index (χ3v) is 5.10. The Kier molecular flexibility index (Phi) is 7.17. The van der Waals surface area contributed by atoms with Crippen molar-refractivity contribution < 1.29 is 22.7 Å². The number of nitrogens with one attached hydrogen (secondary N) is 2. The van der Waals surface area contributed by atoms with Crippen molar-refractivity contribution in [3.8, 4) is 0 Å². The fourth-order valence-electron chi connectivity index (χ4n) is 2.62. The summed E-state index contributed by atoms with van der Waals surface area (Å²) in [5, 5.41) is 6.04. The van der Waals surface area contributed by atoms with E-state index in [1.54, 1.807) is 0 Å². The normalized spacial score (nSPS) is 18.8. The molecule has 2 N–H and O–H groups in total. The van der Waals surface area contributed by atoms with E-state index in [2.05, 4.69) is 15.6 Å². The highest BCUT2D eigenvalue weighted by Crippen LogP contribution is 2.26. The molecular formula is C15H23F3N4O2S. The first kappa shape index (κ1) is 20.1. The fraction of sp³-hybridized carbons (Fsp3) is 0.733. The zero-order chi connectivity index (χ0) is 18.4. The molecule has 2 unspecified atom stereocenters. The molecule has 25 heavy (non-hydrogen) atoms. The van der Waals surface area contributed by atoms with Gasteiger partial charge in [-0.05, 0) is 13.8 Å². The average molecular weight is 380 g/mol. The van der Waals surface area contributed by atoms with E-state index in [9.17, 15) is 18.0 Å². The molecule has 0 aliphatic carbocycles. The summed E-state index contributed by atoms with van der Waals surface area (Å²) in [4.78, 5) is 17.9. The van der Waals surface area contributed by atoms with Crippen molar-refractivity contribution >= 4 is 17.2 Å². The van der Waals surface area contributed by atoms with Crippen LogP contribution in [-0.4, -0.2) is 67.3 Å². The number of alkyl halides is 3. The Morgan fingerprint density at radius 2 is 2.16 bits per heavy atom. The molecule has 6 nitrogen and oxygen atoms in total. The number of hydrogen-bond donors (Lipinski definition) is 2. The molecule has 1 aromatic heterocycles. The maximum atomic E-state index is 13.3. The Morgan fingerprint density at radius 1 is 1.48 bits per heavy atom. The van der Waals surface area contributed by atoms with E-state index in [1.807, 2.05) is 13.8 Å². The molecule has 2 rings (SSSR count). The van der Waals surface area contributed by atoms with Crippen LogP contribution >= 0.6 is 11.3 Å². The standard InChI is InChI=1S/C15H23F3N4O2S/c1-3-24-10(2)14-21-8-11(25-14)13(23)20-9-12(15(16,17)18)22-6-4-19-5-7-22/h8,10,12,19H,3-7,9H2,1-2H3,(H,20,23). The molecule has 2 atom stereocenters. The number of carbonyl (C=O) groups excluding carboxylic acids is 1. The van der Waals surface area contributed by atoms with Crippen LogP contribution in [0, 0.1) is 0 Å². The lowest BCUT2D eigenvalue weighted by atomic mass is 10.2. The molecule has 2 heterocycles. The van der Waals surface area contributed by atoms with Gasteiger partial charge in [0.15, 0.2) is 0 Å². The van der Waals surface area contributed by atoms with E-state index in [-0.39, 0.29) is 11.0 Å². The largest absolute Gasteiger partial charge is 0.405 e. The van der Waals surface area contributed by atoms with Crippen molar-refractivity contribution in [3.05, 3.63) is 16.1 Å². The van der Waals surface area contributed by atoms with Crippen LogP contribution in [0.25, 0.3) is 0 Å². The van der Waals surface area contributed by atoms with Crippen molar-refractivity contribution in [3.63, 3.8) is 0 Å². The summed E-state index contributed by atoms with van der Waals surface area (Å²) < 4.78 is 45.3. The highest BCUT2D eigenvalue weighted by Gasteiger charge is 2.43. The fourth-order valence-corrected chi connectivity index (χ4v) is 3.46. The Bertz CT molecular complexity index is 561. The first-order valence-corrected chi connectivity index (χ1v) is 9.01. The maximum Gasteiger partial charge on any atom is 0.405 e. The summed E-state index contributed by atoms with van der Waals surface area (Å²) in [7, 11) is 0. The first-order valence-electron chi connectivity index (χ1n) is 8.20. The van der Waals surface area contributed by atoms with Crippen LogP contribution in [0.3, 0.4) is 0 Å². The van der Waals surface area contributed by atoms with Gasteiger partial charge in [0, 0.05) is 39.3 Å². The minimum absolute atomic E-state index is 0.250. The Labute approximate surface area is 148 Å². The van der Waals surface area contributed by atoms with Gasteiger partial charge in [-0.2, -0.15) is 13.2 Å². The Hall–Kier alpha value is -1.23. The number of thiazole rings is 1. The number of ether oxygens (including phenoxy) is 1. The molecule has 0 radical (unpaired) electrons. The zero-order valence-corrected chi connectivity index (χ0v) is 15.0. The highest BCUT2D eigenvalue weighted by atomic mass is 32.1. The quantitative estimate of drug-likeness (QED) is 0.755. The van der Waals surface area contributed by atoms with Crippen LogP contribution in [0.5, 0.6) is 0 Å². The SMILES string of the molecule is CCOC(C)c1ncc(C(=O)NCC(N2CCNCC2)C(F)(F)F)s1. The minimum atomic E-state index is -4.40. The van der Waals surface area contributed by atoms with Gasteiger partial charge in [-0.1, -0.05) is 0 Å². The van der Waals surface area contributed by atoms with Gasteiger partial charge in [-0.3, -0.25) is 9.69 Å². The summed E-state index contributed by atoms with van der Waals surface area (Å²) in [6, 6.07) is -1.69. The number of hydrogen-bond acceptors (Lipinski definition) is 6. The van der Waals surface area contributed by atoms with Gasteiger partial charge in [0.1, 0.15) is 22.0 Å². The van der Waals surface area contributed by atoms with Crippen molar-refractivity contribution in [2.45, 2.75) is 32.2 Å². The summed E-state index contributed by atoms with van der Waals surface area (Å²) in [6.45, 7) is 5.32. The molecule has 1 aliphatic rings. The molecule has 0 spiro atoms. The van der Waals surface area contributed by atoms with Crippen molar-refractivity contribution in [2.75, 3.05) is 39.3 Å². The first-order chi connectivity index (χ1) is 11.8. The van der Waals surface area contributed by atoms with Gasteiger partial charge in [-0.15, -0.1) is 11.3 Å². The van der Waals surface area contributed by atoms with Crippen LogP contribution in [0.2, 0.25) is 0 Å². The summed E-state index contributed by atoms with van der Waals surface area (Å²) in [6.07, 6.45) is -3.27. The second kappa shape index (κ2) is 8.93. The van der Waals surface area contributed by atoms with E-state index in [0.29, 0.717) is 37.8 Å². The molecule has 1 aliphatic heterocycles. The van der Waals surface area contributed by atoms with Crippen molar-refractivity contribution in [2.24, 2.45) is 0 Å². The van der Waals surface area contributed by atoms with E-state index < -0.39 is 24.7 Å². The second-order valence-corrected chi connectivity index (χ2v) is 6.78. The molecule has 1 fully saturated rings. The minimum Gasteiger partial charge on any atom is -0.372 e. The third-order valence-electron chi connectivity index (χ3n) is 3.94. The van der Waals surface area contributed by atoms with E-state index in [0.717, 1.165) is 11.3 Å². The topological polar surface area (TPSA) is 66.5 Å². The van der Waals surface area contributed by atoms with Gasteiger partial charge in [0.25, 0.3) is 5.91 Å². The highest BCUT2D eigenvalue weighted by molar-refractivity contribution is 7.13. The average Bonchev–Trinajstić information content (AvgIpc) is 3.05. The molecular weight excluding hydrogens is 357 g/mol. The van der Waals surface area contributed by atoms with Gasteiger partial charge in [-0.25, -0.2) is 4.98 Å². The molecule has 0 aromatic carbocycles. The van der Waals surface area contributed by atoms with Crippen LogP contribution in [0.4, 0.5) is 13.2 Å². The summed E-state index contributed by atoms with van der Waals surface area (Å²) in [5.41, 5.74) is 0. The van der Waals surface area contributed by atoms with Crippen LogP contribution in [0.1, 0.15) is 34.6 Å². The molecule has 1 aromatic rings. The number of carbonyl (C=O) groups is 1. The van der Waals surface area contributed by atoms with Crippen molar-refractivity contribution in [1.29, 1.82) is 0 Å². The van der Waals surface area contributed by atoms with Gasteiger partial charge >= 0.3 is 6.18 Å². The number of amides is 1. The maximum absolute atomic E-state index is 13.3. The second-order valence-electron chi connectivity index (χ2n) is 5.71. The zero-order valence-electron chi connectivity index (χ0n) is 14.2. The number of rotatable bonds is 7. The number of nitrogens with zero attached hydrogens (tertiary/aromatic N) is 2. The predicted octanol–water partition coefficient (Wildman–Crippen LogP) is 1.81. The monoisotopic (exact) mass is 380 g/mol. The van der Waals surface area contributed by atoms with Crippen LogP contribution in [0.15, 0.2) is 6.20 Å². The smallest absolute Gasteiger partial charge is 0.372 e. The lowest BCUT2D eigenvalue weighted by Gasteiger charge is -2.35. The lowest BCUT2D eigenvalue weighted by molar-refractivity contribution is -0.183. The van der Waals surface area contributed by atoms with Crippen molar-refractivity contribution in [1.82, 2.24) is 20.5 Å². The number of aromatic nitrogens is 1. The molecule has 1 saturated heterocycles. The number of piperazine rings is 1. The van der Waals surface area contributed by atoms with E-state index >= 15 is 0 Å². The Balaban J connectivity index is 1.96. The molecule has 0 saturated carbocycles.